The molecule has 0 radical (unpaired) electrons. The summed E-state index contributed by atoms with van der Waals surface area (Å²) in [5.74, 6) is -0.910. The average Bonchev–Trinajstić information content (AvgIpc) is 2.83. The van der Waals surface area contributed by atoms with Gasteiger partial charge in [0.1, 0.15) is 23.4 Å². The van der Waals surface area contributed by atoms with Gasteiger partial charge in [-0.25, -0.2) is 4.79 Å². The smallest absolute Gasteiger partial charge is 0.408 e. The molecule has 0 saturated carbocycles. The van der Waals surface area contributed by atoms with Gasteiger partial charge in [0.25, 0.3) is 0 Å². The molecular formula is C29H41N3O5. The zero-order valence-electron chi connectivity index (χ0n) is 22.9. The lowest BCUT2D eigenvalue weighted by Gasteiger charge is -2.38. The number of rotatable bonds is 10. The Balaban J connectivity index is 2.45. The first-order valence-electron chi connectivity index (χ1n) is 12.8. The summed E-state index contributed by atoms with van der Waals surface area (Å²) in [6.07, 6.45) is -0.0630. The summed E-state index contributed by atoms with van der Waals surface area (Å²) in [5.41, 5.74) is 0.744. The van der Waals surface area contributed by atoms with Crippen molar-refractivity contribution < 1.29 is 24.2 Å². The Morgan fingerprint density at radius 1 is 0.973 bits per heavy atom. The summed E-state index contributed by atoms with van der Waals surface area (Å²) in [7, 11) is 0. The molecule has 0 aromatic heterocycles. The Morgan fingerprint density at radius 3 is 2.08 bits per heavy atom. The molecule has 8 heteroatoms. The SMILES string of the molecule is CCC(C)C(NC(=O)OC(C)(C)C)C(=O)N(C(C)C)C(C(=O)NCc1ccccc1)c1ccc(O)cc1. The standard InChI is InChI=1S/C29H41N3O5/c1-8-20(4)24(31-28(36)37-29(5,6)7)27(35)32(19(2)3)25(22-14-16-23(33)17-15-22)26(34)30-18-21-12-10-9-11-13-21/h9-17,19-20,24-25,33H,8,18H2,1-7H3,(H,30,34)(H,31,36). The van der Waals surface area contributed by atoms with Crippen LogP contribution in [0.3, 0.4) is 0 Å². The van der Waals surface area contributed by atoms with Gasteiger partial charge in [0, 0.05) is 12.6 Å². The number of hydrogen-bond donors (Lipinski definition) is 3. The number of phenolic OH excluding ortho intramolecular Hbond substituents is 1. The number of phenols is 1. The number of benzene rings is 2. The van der Waals surface area contributed by atoms with E-state index in [2.05, 4.69) is 10.6 Å². The largest absolute Gasteiger partial charge is 0.508 e. The summed E-state index contributed by atoms with van der Waals surface area (Å²) in [5, 5.41) is 15.5. The van der Waals surface area contributed by atoms with Crippen molar-refractivity contribution in [1.29, 1.82) is 0 Å². The molecule has 0 fully saturated rings. The van der Waals surface area contributed by atoms with Crippen molar-refractivity contribution in [2.75, 3.05) is 0 Å². The van der Waals surface area contributed by atoms with Crippen LogP contribution in [0, 0.1) is 5.92 Å². The second-order valence-electron chi connectivity index (χ2n) is 10.5. The predicted octanol–water partition coefficient (Wildman–Crippen LogP) is 4.93. The Hall–Kier alpha value is -3.55. The molecule has 0 aliphatic carbocycles. The molecule has 2 rings (SSSR count). The van der Waals surface area contributed by atoms with Gasteiger partial charge >= 0.3 is 6.09 Å². The first kappa shape index (κ1) is 29.7. The number of nitrogens with one attached hydrogen (secondary N) is 2. The zero-order chi connectivity index (χ0) is 27.8. The monoisotopic (exact) mass is 511 g/mol. The van der Waals surface area contributed by atoms with E-state index in [1.807, 2.05) is 58.0 Å². The van der Waals surface area contributed by atoms with E-state index in [0.29, 0.717) is 18.5 Å². The third-order valence-electron chi connectivity index (χ3n) is 6.01. The lowest BCUT2D eigenvalue weighted by atomic mass is 9.95. The van der Waals surface area contributed by atoms with E-state index < -0.39 is 23.8 Å². The van der Waals surface area contributed by atoms with Crippen LogP contribution in [-0.2, 0) is 20.9 Å². The van der Waals surface area contributed by atoms with Crippen LogP contribution in [0.2, 0.25) is 0 Å². The van der Waals surface area contributed by atoms with Gasteiger partial charge in [0.15, 0.2) is 0 Å². The summed E-state index contributed by atoms with van der Waals surface area (Å²) >= 11 is 0. The molecule has 3 unspecified atom stereocenters. The molecule has 2 aromatic rings. The minimum atomic E-state index is -0.983. The second-order valence-corrected chi connectivity index (χ2v) is 10.5. The van der Waals surface area contributed by atoms with Crippen molar-refractivity contribution in [2.24, 2.45) is 5.92 Å². The molecule has 3 N–H and O–H groups in total. The normalized spacial score (nSPS) is 13.8. The molecule has 0 bridgehead atoms. The topological polar surface area (TPSA) is 108 Å². The minimum Gasteiger partial charge on any atom is -0.508 e. The van der Waals surface area contributed by atoms with Crippen LogP contribution in [0.5, 0.6) is 5.75 Å². The molecule has 0 spiro atoms. The fourth-order valence-corrected chi connectivity index (χ4v) is 3.93. The van der Waals surface area contributed by atoms with Crippen LogP contribution in [0.25, 0.3) is 0 Å². The van der Waals surface area contributed by atoms with E-state index in [4.69, 9.17) is 4.74 Å². The van der Waals surface area contributed by atoms with E-state index in [-0.39, 0.29) is 29.5 Å². The molecule has 0 saturated heterocycles. The number of hydrogen-bond acceptors (Lipinski definition) is 5. The van der Waals surface area contributed by atoms with Crippen molar-refractivity contribution in [3.63, 3.8) is 0 Å². The molecule has 2 aromatic carbocycles. The third kappa shape index (κ3) is 8.81. The maximum Gasteiger partial charge on any atom is 0.408 e. The van der Waals surface area contributed by atoms with Crippen LogP contribution in [-0.4, -0.2) is 45.6 Å². The Morgan fingerprint density at radius 2 is 1.57 bits per heavy atom. The highest BCUT2D eigenvalue weighted by Gasteiger charge is 2.39. The number of alkyl carbamates (subject to hydrolysis) is 1. The van der Waals surface area contributed by atoms with Crippen LogP contribution < -0.4 is 10.6 Å². The van der Waals surface area contributed by atoms with Crippen molar-refractivity contribution in [3.8, 4) is 5.75 Å². The zero-order valence-corrected chi connectivity index (χ0v) is 22.9. The number of nitrogens with zero attached hydrogens (tertiary/aromatic N) is 1. The van der Waals surface area contributed by atoms with Crippen LogP contribution in [0.4, 0.5) is 4.79 Å². The quantitative estimate of drug-likeness (QED) is 0.419. The van der Waals surface area contributed by atoms with Crippen LogP contribution in [0.1, 0.15) is 72.1 Å². The van der Waals surface area contributed by atoms with Gasteiger partial charge < -0.3 is 25.4 Å². The van der Waals surface area contributed by atoms with Crippen molar-refractivity contribution in [1.82, 2.24) is 15.5 Å². The lowest BCUT2D eigenvalue weighted by Crippen LogP contribution is -2.56. The van der Waals surface area contributed by atoms with Gasteiger partial charge in [-0.15, -0.1) is 0 Å². The summed E-state index contributed by atoms with van der Waals surface area (Å²) in [6, 6.07) is 13.5. The highest BCUT2D eigenvalue weighted by molar-refractivity contribution is 5.92. The Bertz CT molecular complexity index is 1030. The number of carbonyl (C=O) groups excluding carboxylic acids is 3. The number of aromatic hydroxyl groups is 1. The number of amides is 3. The maximum absolute atomic E-state index is 14.1. The van der Waals surface area contributed by atoms with E-state index in [0.717, 1.165) is 5.56 Å². The van der Waals surface area contributed by atoms with Gasteiger partial charge in [-0.2, -0.15) is 0 Å². The number of ether oxygens (including phenoxy) is 1. The van der Waals surface area contributed by atoms with Crippen LogP contribution in [0.15, 0.2) is 54.6 Å². The summed E-state index contributed by atoms with van der Waals surface area (Å²) in [6.45, 7) is 13.0. The lowest BCUT2D eigenvalue weighted by molar-refractivity contribution is -0.145. The third-order valence-corrected chi connectivity index (χ3v) is 6.01. The summed E-state index contributed by atoms with van der Waals surface area (Å²) < 4.78 is 5.42. The average molecular weight is 512 g/mol. The highest BCUT2D eigenvalue weighted by Crippen LogP contribution is 2.28. The predicted molar refractivity (Wildman–Crippen MR) is 144 cm³/mol. The van der Waals surface area contributed by atoms with E-state index in [9.17, 15) is 19.5 Å². The van der Waals surface area contributed by atoms with Crippen molar-refractivity contribution in [2.45, 2.75) is 85.2 Å². The molecule has 202 valence electrons. The molecule has 3 amide bonds. The molecule has 3 atom stereocenters. The van der Waals surface area contributed by atoms with E-state index in [1.165, 1.54) is 17.0 Å². The van der Waals surface area contributed by atoms with Gasteiger partial charge in [0.05, 0.1) is 0 Å². The molecular weight excluding hydrogens is 470 g/mol. The van der Waals surface area contributed by atoms with Gasteiger partial charge in [0.2, 0.25) is 11.8 Å². The van der Waals surface area contributed by atoms with Crippen LogP contribution >= 0.6 is 0 Å². The first-order valence-corrected chi connectivity index (χ1v) is 12.8. The van der Waals surface area contributed by atoms with E-state index in [1.54, 1.807) is 32.9 Å². The first-order chi connectivity index (χ1) is 17.3. The fraction of sp³-hybridized carbons (Fsp3) is 0.483. The summed E-state index contributed by atoms with van der Waals surface area (Å²) in [4.78, 5) is 41.9. The van der Waals surface area contributed by atoms with Gasteiger partial charge in [-0.1, -0.05) is 62.7 Å². The molecule has 8 nitrogen and oxygen atoms in total. The molecule has 0 heterocycles. The van der Waals surface area contributed by atoms with Gasteiger partial charge in [-0.3, -0.25) is 9.59 Å². The molecule has 37 heavy (non-hydrogen) atoms. The minimum absolute atomic E-state index is 0.0543. The van der Waals surface area contributed by atoms with Crippen molar-refractivity contribution in [3.05, 3.63) is 65.7 Å². The highest BCUT2D eigenvalue weighted by atomic mass is 16.6. The van der Waals surface area contributed by atoms with Crippen molar-refractivity contribution >= 4 is 17.9 Å². The Kier molecular flexibility index (Phi) is 10.5. The second kappa shape index (κ2) is 13.1. The Labute approximate surface area is 220 Å². The molecule has 0 aliphatic rings. The fourth-order valence-electron chi connectivity index (χ4n) is 3.93. The van der Waals surface area contributed by atoms with E-state index >= 15 is 0 Å². The maximum atomic E-state index is 14.1. The van der Waals surface area contributed by atoms with Gasteiger partial charge in [-0.05, 0) is 63.8 Å². The number of carbonyl (C=O) groups is 3. The molecule has 0 aliphatic heterocycles.